The molecule has 2 aromatic rings. The molecule has 0 fully saturated rings. The van der Waals surface area contributed by atoms with Crippen LogP contribution in [0.2, 0.25) is 10.0 Å². The number of nitrogens with zero attached hydrogens (tertiary/aromatic N) is 1. The number of rotatable bonds is 3. The van der Waals surface area contributed by atoms with Gasteiger partial charge in [0, 0.05) is 11.6 Å². The molecule has 0 N–H and O–H groups in total. The van der Waals surface area contributed by atoms with Gasteiger partial charge < -0.3 is 0 Å². The number of carbonyl (C=O) groups is 1. The van der Waals surface area contributed by atoms with Crippen molar-refractivity contribution in [3.8, 4) is 0 Å². The topological polar surface area (TPSA) is 30.0 Å². The highest BCUT2D eigenvalue weighted by atomic mass is 35.5. The Bertz CT molecular complexity index is 490. The van der Waals surface area contributed by atoms with E-state index in [-0.39, 0.29) is 12.2 Å². The third-order valence-corrected chi connectivity index (χ3v) is 3.45. The highest BCUT2D eigenvalue weighted by Gasteiger charge is 2.15. The molecular weight excluding hydrogens is 265 g/mol. The number of aromatic nitrogens is 1. The van der Waals surface area contributed by atoms with Crippen molar-refractivity contribution in [3.63, 3.8) is 0 Å². The lowest BCUT2D eigenvalue weighted by Gasteiger charge is -2.04. The Morgan fingerprint density at radius 2 is 2.00 bits per heavy atom. The van der Waals surface area contributed by atoms with E-state index >= 15 is 0 Å². The molecule has 2 nitrogen and oxygen atoms in total. The molecular formula is C11H7Cl2NOS. The Kier molecular flexibility index (Phi) is 3.59. The van der Waals surface area contributed by atoms with Crippen molar-refractivity contribution in [2.45, 2.75) is 6.42 Å². The standard InChI is InChI=1S/C11H7Cl2NOS/c12-7-2-1-3-8(13)11(7)9(15)6-10-14-4-5-16-10/h1-5H,6H2. The minimum atomic E-state index is -0.106. The maximum absolute atomic E-state index is 12.0. The summed E-state index contributed by atoms with van der Waals surface area (Å²) in [4.78, 5) is 16.0. The van der Waals surface area contributed by atoms with Gasteiger partial charge in [0.2, 0.25) is 0 Å². The number of ketones is 1. The second-order valence-corrected chi connectivity index (χ2v) is 4.92. The number of thiazole rings is 1. The number of Topliss-reactive ketones (excluding diaryl/α,β-unsaturated/α-hetero) is 1. The van der Waals surface area contributed by atoms with Gasteiger partial charge in [-0.1, -0.05) is 29.3 Å². The molecule has 0 aliphatic carbocycles. The first kappa shape index (κ1) is 11.6. The van der Waals surface area contributed by atoms with E-state index in [4.69, 9.17) is 23.2 Å². The lowest BCUT2D eigenvalue weighted by molar-refractivity contribution is 0.0993. The fourth-order valence-electron chi connectivity index (χ4n) is 1.33. The lowest BCUT2D eigenvalue weighted by atomic mass is 10.1. The van der Waals surface area contributed by atoms with Crippen LogP contribution in [0.15, 0.2) is 29.8 Å². The van der Waals surface area contributed by atoms with Gasteiger partial charge in [0.1, 0.15) is 5.01 Å². The molecule has 5 heteroatoms. The van der Waals surface area contributed by atoms with Crippen molar-refractivity contribution in [1.82, 2.24) is 4.98 Å². The van der Waals surface area contributed by atoms with Gasteiger partial charge in [-0.3, -0.25) is 4.79 Å². The summed E-state index contributed by atoms with van der Waals surface area (Å²) in [5.74, 6) is -0.106. The summed E-state index contributed by atoms with van der Waals surface area (Å²) in [6.07, 6.45) is 1.91. The normalized spacial score (nSPS) is 10.4. The fraction of sp³-hybridized carbons (Fsp3) is 0.0909. The van der Waals surface area contributed by atoms with Crippen LogP contribution in [0, 0.1) is 0 Å². The summed E-state index contributed by atoms with van der Waals surface area (Å²) in [5.41, 5.74) is 0.376. The molecule has 1 aromatic heterocycles. The quantitative estimate of drug-likeness (QED) is 0.794. The molecule has 0 saturated carbocycles. The molecule has 1 heterocycles. The van der Waals surface area contributed by atoms with Gasteiger partial charge in [0.25, 0.3) is 0 Å². The molecule has 1 aromatic carbocycles. The SMILES string of the molecule is O=C(Cc1nccs1)c1c(Cl)cccc1Cl. The summed E-state index contributed by atoms with van der Waals surface area (Å²) in [7, 11) is 0. The van der Waals surface area contributed by atoms with Crippen LogP contribution in [-0.2, 0) is 6.42 Å². The maximum atomic E-state index is 12.0. The number of carbonyl (C=O) groups excluding carboxylic acids is 1. The van der Waals surface area contributed by atoms with Crippen molar-refractivity contribution in [3.05, 3.63) is 50.4 Å². The molecule has 0 bridgehead atoms. The van der Waals surface area contributed by atoms with E-state index in [1.165, 1.54) is 11.3 Å². The smallest absolute Gasteiger partial charge is 0.172 e. The van der Waals surface area contributed by atoms with E-state index in [2.05, 4.69) is 4.98 Å². The monoisotopic (exact) mass is 271 g/mol. The Morgan fingerprint density at radius 3 is 2.56 bits per heavy atom. The highest BCUT2D eigenvalue weighted by Crippen LogP contribution is 2.25. The first-order valence-electron chi connectivity index (χ1n) is 4.54. The second kappa shape index (κ2) is 4.95. The number of hydrogen-bond donors (Lipinski definition) is 0. The van der Waals surface area contributed by atoms with Gasteiger partial charge in [-0.15, -0.1) is 11.3 Å². The Balaban J connectivity index is 2.28. The number of hydrogen-bond acceptors (Lipinski definition) is 3. The average Bonchev–Trinajstić information content (AvgIpc) is 2.70. The minimum Gasteiger partial charge on any atom is -0.294 e. The molecule has 0 spiro atoms. The highest BCUT2D eigenvalue weighted by molar-refractivity contribution is 7.09. The van der Waals surface area contributed by atoms with Gasteiger partial charge in [-0.25, -0.2) is 4.98 Å². The van der Waals surface area contributed by atoms with Crippen LogP contribution >= 0.6 is 34.5 Å². The predicted molar refractivity (Wildman–Crippen MR) is 66.6 cm³/mol. The molecule has 0 saturated heterocycles. The summed E-state index contributed by atoms with van der Waals surface area (Å²) in [6, 6.07) is 5.02. The number of benzene rings is 1. The third-order valence-electron chi connectivity index (χ3n) is 2.04. The van der Waals surface area contributed by atoms with Gasteiger partial charge in [0.15, 0.2) is 5.78 Å². The fourth-order valence-corrected chi connectivity index (χ4v) is 2.55. The molecule has 0 unspecified atom stereocenters. The van der Waals surface area contributed by atoms with E-state index in [9.17, 15) is 4.79 Å². The first-order chi connectivity index (χ1) is 7.68. The zero-order valence-corrected chi connectivity index (χ0v) is 10.4. The van der Waals surface area contributed by atoms with Crippen LogP contribution in [0.5, 0.6) is 0 Å². The molecule has 2 rings (SSSR count). The van der Waals surface area contributed by atoms with E-state index in [1.807, 2.05) is 5.38 Å². The Morgan fingerprint density at radius 1 is 1.31 bits per heavy atom. The van der Waals surface area contributed by atoms with Crippen molar-refractivity contribution >= 4 is 40.3 Å². The zero-order chi connectivity index (χ0) is 11.5. The van der Waals surface area contributed by atoms with Gasteiger partial charge >= 0.3 is 0 Å². The Hall–Kier alpha value is -0.900. The summed E-state index contributed by atoms with van der Waals surface area (Å²) in [5, 5.41) is 3.36. The molecule has 16 heavy (non-hydrogen) atoms. The van der Waals surface area contributed by atoms with Crippen molar-refractivity contribution in [2.75, 3.05) is 0 Å². The van der Waals surface area contributed by atoms with Gasteiger partial charge in [0.05, 0.1) is 22.0 Å². The third kappa shape index (κ3) is 2.43. The molecule has 0 atom stereocenters. The lowest BCUT2D eigenvalue weighted by Crippen LogP contribution is -2.04. The summed E-state index contributed by atoms with van der Waals surface area (Å²) in [6.45, 7) is 0. The largest absolute Gasteiger partial charge is 0.294 e. The average molecular weight is 272 g/mol. The van der Waals surface area contributed by atoms with Crippen LogP contribution in [0.25, 0.3) is 0 Å². The van der Waals surface area contributed by atoms with Crippen molar-refractivity contribution in [1.29, 1.82) is 0 Å². The summed E-state index contributed by atoms with van der Waals surface area (Å²) < 4.78 is 0. The molecule has 82 valence electrons. The molecule has 0 aliphatic heterocycles. The molecule has 0 radical (unpaired) electrons. The Labute approximate surface area is 107 Å². The van der Waals surface area contributed by atoms with E-state index < -0.39 is 0 Å². The van der Waals surface area contributed by atoms with Crippen LogP contribution in [0.3, 0.4) is 0 Å². The van der Waals surface area contributed by atoms with Crippen LogP contribution < -0.4 is 0 Å². The van der Waals surface area contributed by atoms with E-state index in [0.717, 1.165) is 5.01 Å². The van der Waals surface area contributed by atoms with Crippen LogP contribution in [0.4, 0.5) is 0 Å². The molecule has 0 aliphatic rings. The van der Waals surface area contributed by atoms with Gasteiger partial charge in [-0.05, 0) is 12.1 Å². The summed E-state index contributed by atoms with van der Waals surface area (Å²) >= 11 is 13.3. The predicted octanol–water partition coefficient (Wildman–Crippen LogP) is 3.88. The molecule has 0 amide bonds. The van der Waals surface area contributed by atoms with Gasteiger partial charge in [-0.2, -0.15) is 0 Å². The number of halogens is 2. The minimum absolute atomic E-state index is 0.106. The first-order valence-corrected chi connectivity index (χ1v) is 6.17. The van der Waals surface area contributed by atoms with Crippen LogP contribution in [-0.4, -0.2) is 10.8 Å². The van der Waals surface area contributed by atoms with E-state index in [1.54, 1.807) is 24.4 Å². The van der Waals surface area contributed by atoms with E-state index in [0.29, 0.717) is 15.6 Å². The zero-order valence-electron chi connectivity index (χ0n) is 8.11. The maximum Gasteiger partial charge on any atom is 0.172 e. The van der Waals surface area contributed by atoms with Crippen molar-refractivity contribution < 1.29 is 4.79 Å². The second-order valence-electron chi connectivity index (χ2n) is 3.12. The van der Waals surface area contributed by atoms with Crippen molar-refractivity contribution in [2.24, 2.45) is 0 Å². The van der Waals surface area contributed by atoms with Crippen LogP contribution in [0.1, 0.15) is 15.4 Å².